The predicted molar refractivity (Wildman–Crippen MR) is 72.0 cm³/mol. The van der Waals surface area contributed by atoms with Gasteiger partial charge in [0.2, 0.25) is 0 Å². The highest BCUT2D eigenvalue weighted by molar-refractivity contribution is 7.80. The van der Waals surface area contributed by atoms with Gasteiger partial charge in [-0.2, -0.15) is 0 Å². The predicted octanol–water partition coefficient (Wildman–Crippen LogP) is 2.06. The molecule has 0 spiro atoms. The minimum absolute atomic E-state index is 0.00727. The fourth-order valence-electron chi connectivity index (χ4n) is 1.33. The van der Waals surface area contributed by atoms with Crippen molar-refractivity contribution in [3.8, 4) is 0 Å². The van der Waals surface area contributed by atoms with Gasteiger partial charge in [0.05, 0.1) is 15.9 Å². The molecule has 0 saturated heterocycles. The Balaban J connectivity index is 2.90. The van der Waals surface area contributed by atoms with Crippen molar-refractivity contribution in [3.05, 3.63) is 21.9 Å². The first-order chi connectivity index (χ1) is 7.49. The van der Waals surface area contributed by atoms with Crippen molar-refractivity contribution in [3.63, 3.8) is 0 Å². The lowest BCUT2D eigenvalue weighted by Gasteiger charge is -2.23. The van der Waals surface area contributed by atoms with E-state index in [1.807, 2.05) is 25.3 Å². The minimum atomic E-state index is -0.214. The van der Waals surface area contributed by atoms with Gasteiger partial charge in [0.25, 0.3) is 5.91 Å². The van der Waals surface area contributed by atoms with Crippen molar-refractivity contribution in [1.29, 1.82) is 0 Å². The minimum Gasteiger partial charge on any atom is -0.392 e. The number of thiophene rings is 1. The lowest BCUT2D eigenvalue weighted by molar-refractivity contribution is 0.0783. The zero-order valence-corrected chi connectivity index (χ0v) is 11.3. The number of carbonyl (C=O) groups excluding carboxylic acids is 1. The van der Waals surface area contributed by atoms with Crippen molar-refractivity contribution < 1.29 is 4.79 Å². The standard InChI is InChI=1S/C11H16N2OS2/c1-4-8-5-6-16-9(8)11(14)13(3)7(2)10(12)15/h5-7H,4H2,1-3H3,(H2,12,15). The Hall–Kier alpha value is -0.940. The molecule has 1 aromatic heterocycles. The van der Waals surface area contributed by atoms with E-state index in [4.69, 9.17) is 18.0 Å². The van der Waals surface area contributed by atoms with Gasteiger partial charge in [0.1, 0.15) is 0 Å². The molecule has 88 valence electrons. The number of nitrogens with zero attached hydrogens (tertiary/aromatic N) is 1. The van der Waals surface area contributed by atoms with Crippen LogP contribution in [0.1, 0.15) is 29.1 Å². The third-order valence-electron chi connectivity index (χ3n) is 2.63. The molecule has 0 aliphatic heterocycles. The van der Waals surface area contributed by atoms with Crippen LogP contribution in [0.3, 0.4) is 0 Å². The fraction of sp³-hybridized carbons (Fsp3) is 0.455. The fourth-order valence-corrected chi connectivity index (χ4v) is 2.46. The quantitative estimate of drug-likeness (QED) is 0.839. The number of carbonyl (C=O) groups is 1. The molecule has 0 bridgehead atoms. The number of hydrogen-bond donors (Lipinski definition) is 1. The van der Waals surface area contributed by atoms with E-state index in [9.17, 15) is 4.79 Å². The number of likely N-dealkylation sites (N-methyl/N-ethyl adjacent to an activating group) is 1. The third kappa shape index (κ3) is 2.59. The molecule has 1 rings (SSSR count). The van der Waals surface area contributed by atoms with Crippen molar-refractivity contribution in [1.82, 2.24) is 4.90 Å². The first-order valence-electron chi connectivity index (χ1n) is 5.11. The lowest BCUT2D eigenvalue weighted by atomic mass is 10.2. The van der Waals surface area contributed by atoms with Gasteiger partial charge in [0.15, 0.2) is 0 Å². The maximum atomic E-state index is 12.2. The molecule has 0 aliphatic rings. The molecule has 5 heteroatoms. The van der Waals surface area contributed by atoms with E-state index in [-0.39, 0.29) is 11.9 Å². The van der Waals surface area contributed by atoms with E-state index in [1.165, 1.54) is 11.3 Å². The van der Waals surface area contributed by atoms with Crippen molar-refractivity contribution >= 4 is 34.5 Å². The second kappa shape index (κ2) is 5.41. The van der Waals surface area contributed by atoms with Gasteiger partial charge in [-0.05, 0) is 30.4 Å². The Morgan fingerprint density at radius 2 is 2.31 bits per heavy atom. The molecule has 3 nitrogen and oxygen atoms in total. The lowest BCUT2D eigenvalue weighted by Crippen LogP contribution is -2.42. The number of nitrogens with two attached hydrogens (primary N) is 1. The number of amides is 1. The summed E-state index contributed by atoms with van der Waals surface area (Å²) >= 11 is 6.36. The van der Waals surface area contributed by atoms with E-state index in [0.29, 0.717) is 4.99 Å². The molecule has 16 heavy (non-hydrogen) atoms. The molecule has 1 amide bonds. The summed E-state index contributed by atoms with van der Waals surface area (Å²) in [5.74, 6) is -0.00727. The topological polar surface area (TPSA) is 46.3 Å². The van der Waals surface area contributed by atoms with Gasteiger partial charge in [-0.1, -0.05) is 19.1 Å². The van der Waals surface area contributed by atoms with Crippen molar-refractivity contribution in [2.24, 2.45) is 5.73 Å². The summed E-state index contributed by atoms with van der Waals surface area (Å²) in [4.78, 5) is 14.9. The Bertz CT molecular complexity index is 400. The van der Waals surface area contributed by atoms with Crippen molar-refractivity contribution in [2.45, 2.75) is 26.3 Å². The molecule has 0 radical (unpaired) electrons. The maximum absolute atomic E-state index is 12.2. The average Bonchev–Trinajstić information content (AvgIpc) is 2.73. The summed E-state index contributed by atoms with van der Waals surface area (Å²) in [6.45, 7) is 3.87. The molecule has 1 atom stereocenters. The van der Waals surface area contributed by atoms with Gasteiger partial charge in [-0.15, -0.1) is 11.3 Å². The maximum Gasteiger partial charge on any atom is 0.264 e. The average molecular weight is 256 g/mol. The van der Waals surface area contributed by atoms with Crippen LogP contribution in [0.5, 0.6) is 0 Å². The normalized spacial score (nSPS) is 12.2. The molecule has 0 saturated carbocycles. The van der Waals surface area contributed by atoms with Crippen LogP contribution in [-0.4, -0.2) is 28.9 Å². The second-order valence-electron chi connectivity index (χ2n) is 3.62. The highest BCUT2D eigenvalue weighted by Gasteiger charge is 2.21. The Morgan fingerprint density at radius 3 is 2.81 bits per heavy atom. The van der Waals surface area contributed by atoms with E-state index < -0.39 is 0 Å². The van der Waals surface area contributed by atoms with Gasteiger partial charge < -0.3 is 10.6 Å². The van der Waals surface area contributed by atoms with E-state index in [0.717, 1.165) is 16.9 Å². The molecular formula is C11H16N2OS2. The van der Waals surface area contributed by atoms with Crippen LogP contribution in [0.4, 0.5) is 0 Å². The summed E-state index contributed by atoms with van der Waals surface area (Å²) in [5.41, 5.74) is 6.62. The number of hydrogen-bond acceptors (Lipinski definition) is 3. The van der Waals surface area contributed by atoms with Crippen LogP contribution in [0.15, 0.2) is 11.4 Å². The van der Waals surface area contributed by atoms with Gasteiger partial charge in [0, 0.05) is 7.05 Å². The van der Waals surface area contributed by atoms with Crippen LogP contribution in [0, 0.1) is 0 Å². The molecular weight excluding hydrogens is 240 g/mol. The summed E-state index contributed by atoms with van der Waals surface area (Å²) in [6.07, 6.45) is 0.861. The van der Waals surface area contributed by atoms with Gasteiger partial charge in [-0.25, -0.2) is 0 Å². The largest absolute Gasteiger partial charge is 0.392 e. The van der Waals surface area contributed by atoms with Gasteiger partial charge in [-0.3, -0.25) is 4.79 Å². The SMILES string of the molecule is CCc1ccsc1C(=O)N(C)C(C)C(N)=S. The monoisotopic (exact) mass is 256 g/mol. The van der Waals surface area contributed by atoms with E-state index in [1.54, 1.807) is 11.9 Å². The van der Waals surface area contributed by atoms with Crippen LogP contribution >= 0.6 is 23.6 Å². The zero-order chi connectivity index (χ0) is 12.3. The summed E-state index contributed by atoms with van der Waals surface area (Å²) in [5, 5.41) is 1.94. The Kier molecular flexibility index (Phi) is 4.44. The highest BCUT2D eigenvalue weighted by atomic mass is 32.1. The smallest absolute Gasteiger partial charge is 0.264 e. The highest BCUT2D eigenvalue weighted by Crippen LogP contribution is 2.19. The number of thiocarbonyl (C=S) groups is 1. The molecule has 1 heterocycles. The summed E-state index contributed by atoms with van der Waals surface area (Å²) < 4.78 is 0. The van der Waals surface area contributed by atoms with Crippen LogP contribution in [-0.2, 0) is 6.42 Å². The van der Waals surface area contributed by atoms with Crippen LogP contribution in [0.2, 0.25) is 0 Å². The zero-order valence-electron chi connectivity index (χ0n) is 9.69. The molecule has 2 N–H and O–H groups in total. The van der Waals surface area contributed by atoms with Crippen molar-refractivity contribution in [2.75, 3.05) is 7.05 Å². The second-order valence-corrected chi connectivity index (χ2v) is 5.01. The Morgan fingerprint density at radius 1 is 1.69 bits per heavy atom. The molecule has 1 unspecified atom stereocenters. The third-order valence-corrected chi connectivity index (χ3v) is 3.92. The molecule has 0 fully saturated rings. The molecule has 1 aromatic rings. The number of rotatable bonds is 4. The van der Waals surface area contributed by atoms with Gasteiger partial charge >= 0.3 is 0 Å². The van der Waals surface area contributed by atoms with E-state index in [2.05, 4.69) is 0 Å². The van der Waals surface area contributed by atoms with Crippen LogP contribution < -0.4 is 5.73 Å². The summed E-state index contributed by atoms with van der Waals surface area (Å²) in [7, 11) is 1.73. The Labute approximate surface area is 105 Å². The first-order valence-corrected chi connectivity index (χ1v) is 6.40. The van der Waals surface area contributed by atoms with Crippen LogP contribution in [0.25, 0.3) is 0 Å². The number of aryl methyl sites for hydroxylation is 1. The van der Waals surface area contributed by atoms with E-state index >= 15 is 0 Å². The summed E-state index contributed by atoms with van der Waals surface area (Å²) in [6, 6.07) is 1.77. The molecule has 0 aromatic carbocycles. The molecule has 0 aliphatic carbocycles. The first kappa shape index (κ1) is 13.1.